The third kappa shape index (κ3) is 2.74. The number of hydrogen-bond donors (Lipinski definition) is 2. The van der Waals surface area contributed by atoms with Gasteiger partial charge in [-0.15, -0.1) is 0 Å². The number of cyclic esters (lactones) is 1. The van der Waals surface area contributed by atoms with Gasteiger partial charge in [0.25, 0.3) is 0 Å². The Morgan fingerprint density at radius 1 is 1.44 bits per heavy atom. The molecule has 3 rings (SSSR count). The summed E-state index contributed by atoms with van der Waals surface area (Å²) in [6, 6.07) is 0. The molecule has 0 aromatic carbocycles. The minimum atomic E-state index is -0.528. The van der Waals surface area contributed by atoms with Gasteiger partial charge in [-0.2, -0.15) is 0 Å². The number of allylic oxidation sites excluding steroid dienone is 2. The van der Waals surface area contributed by atoms with Crippen LogP contribution in [0.3, 0.4) is 0 Å². The van der Waals surface area contributed by atoms with E-state index in [2.05, 4.69) is 24.7 Å². The number of aliphatic hydroxyl groups is 1. The van der Waals surface area contributed by atoms with Crippen LogP contribution in [0.2, 0.25) is 0 Å². The zero-order chi connectivity index (χ0) is 18.2. The number of carbonyl (C=O) groups is 1. The number of carbonyl (C=O) groups excluding carboxylic acids is 1. The molecule has 0 amide bonds. The third-order valence-corrected chi connectivity index (χ3v) is 6.70. The lowest BCUT2D eigenvalue weighted by molar-refractivity contribution is -0.135. The lowest BCUT2D eigenvalue weighted by atomic mass is 9.47. The molecule has 3 aliphatic rings. The summed E-state index contributed by atoms with van der Waals surface area (Å²) < 4.78 is 4.96. The first kappa shape index (κ1) is 17.9. The first-order chi connectivity index (χ1) is 11.9. The molecule has 0 bridgehead atoms. The zero-order valence-corrected chi connectivity index (χ0v) is 15.0. The van der Waals surface area contributed by atoms with Crippen LogP contribution in [0.5, 0.6) is 0 Å². The molecule has 0 saturated heterocycles. The second-order valence-electron chi connectivity index (χ2n) is 7.97. The summed E-state index contributed by atoms with van der Waals surface area (Å²) in [5.41, 5.74) is 1.82. The van der Waals surface area contributed by atoms with Crippen molar-refractivity contribution in [2.24, 2.45) is 27.8 Å². The lowest BCUT2D eigenvalue weighted by Gasteiger charge is -2.57. The maximum absolute atomic E-state index is 11.7. The van der Waals surface area contributed by atoms with E-state index in [-0.39, 0.29) is 29.8 Å². The van der Waals surface area contributed by atoms with Gasteiger partial charge < -0.3 is 15.1 Å². The molecule has 4 atom stereocenters. The van der Waals surface area contributed by atoms with Crippen LogP contribution >= 0.6 is 0 Å². The van der Waals surface area contributed by atoms with Crippen molar-refractivity contribution in [3.63, 3.8) is 0 Å². The van der Waals surface area contributed by atoms with Crippen molar-refractivity contribution >= 4 is 11.7 Å². The second-order valence-corrected chi connectivity index (χ2v) is 7.97. The monoisotopic (exact) mass is 345 g/mol. The van der Waals surface area contributed by atoms with Gasteiger partial charge in [0.1, 0.15) is 6.61 Å². The van der Waals surface area contributed by atoms with Crippen molar-refractivity contribution < 1.29 is 19.8 Å². The average Bonchev–Trinajstić information content (AvgIpc) is 2.99. The van der Waals surface area contributed by atoms with Gasteiger partial charge in [-0.05, 0) is 43.1 Å². The Bertz CT molecular complexity index is 677. The molecular formula is C20H27NO4. The molecule has 0 spiro atoms. The molecule has 2 fully saturated rings. The van der Waals surface area contributed by atoms with Crippen molar-refractivity contribution in [3.05, 3.63) is 36.0 Å². The van der Waals surface area contributed by atoms with Crippen LogP contribution in [0.15, 0.2) is 41.1 Å². The van der Waals surface area contributed by atoms with E-state index in [0.717, 1.165) is 24.8 Å². The minimum absolute atomic E-state index is 0.0347. The maximum Gasteiger partial charge on any atom is 0.338 e. The molecule has 1 heterocycles. The Hall–Kier alpha value is -1.88. The highest BCUT2D eigenvalue weighted by molar-refractivity contribution is 5.93. The molecule has 0 aromatic heterocycles. The number of oxime groups is 1. The Balaban J connectivity index is 1.95. The number of rotatable bonds is 3. The highest BCUT2D eigenvalue weighted by atomic mass is 16.5. The number of esters is 1. The second kappa shape index (κ2) is 6.45. The van der Waals surface area contributed by atoms with Gasteiger partial charge in [-0.25, -0.2) is 4.79 Å². The summed E-state index contributed by atoms with van der Waals surface area (Å²) in [5, 5.41) is 23.0. The fraction of sp³-hybridized carbons (Fsp3) is 0.600. The Morgan fingerprint density at radius 2 is 2.20 bits per heavy atom. The summed E-state index contributed by atoms with van der Waals surface area (Å²) in [5.74, 6) is 0.0268. The number of ether oxygens (including phenoxy) is 1. The fourth-order valence-electron chi connectivity index (χ4n) is 5.18. The molecule has 0 radical (unpaired) electrons. The Labute approximate surface area is 148 Å². The zero-order valence-electron chi connectivity index (χ0n) is 15.0. The SMILES string of the molecule is C=C1CCC2[C@](C)(CO)/C(=N\O)CC[C@@]2(C)[C@@H]1/C=C/C1=CCOC1=O. The van der Waals surface area contributed by atoms with E-state index < -0.39 is 5.41 Å². The van der Waals surface area contributed by atoms with Gasteiger partial charge in [0.15, 0.2) is 0 Å². The Kier molecular flexibility index (Phi) is 4.62. The molecule has 1 aliphatic heterocycles. The highest BCUT2D eigenvalue weighted by Gasteiger charge is 2.56. The first-order valence-electron chi connectivity index (χ1n) is 8.92. The first-order valence-corrected chi connectivity index (χ1v) is 8.92. The number of fused-ring (bicyclic) bond motifs is 1. The maximum atomic E-state index is 11.7. The third-order valence-electron chi connectivity index (χ3n) is 6.70. The van der Waals surface area contributed by atoms with E-state index in [4.69, 9.17) is 4.74 Å². The average molecular weight is 345 g/mol. The minimum Gasteiger partial charge on any atom is -0.458 e. The summed E-state index contributed by atoms with van der Waals surface area (Å²) in [6.07, 6.45) is 9.02. The number of aliphatic hydroxyl groups excluding tert-OH is 1. The van der Waals surface area contributed by atoms with Gasteiger partial charge >= 0.3 is 5.97 Å². The summed E-state index contributed by atoms with van der Waals surface area (Å²) in [7, 11) is 0. The molecule has 5 nitrogen and oxygen atoms in total. The van der Waals surface area contributed by atoms with Crippen LogP contribution in [-0.4, -0.2) is 35.2 Å². The molecule has 2 aliphatic carbocycles. The Morgan fingerprint density at radius 3 is 2.80 bits per heavy atom. The highest BCUT2D eigenvalue weighted by Crippen LogP contribution is 2.60. The molecule has 2 N–H and O–H groups in total. The molecule has 25 heavy (non-hydrogen) atoms. The van der Waals surface area contributed by atoms with Crippen molar-refractivity contribution in [3.8, 4) is 0 Å². The molecule has 5 heteroatoms. The van der Waals surface area contributed by atoms with Crippen molar-refractivity contribution in [2.45, 2.75) is 39.5 Å². The quantitative estimate of drug-likeness (QED) is 0.356. The van der Waals surface area contributed by atoms with Crippen LogP contribution in [-0.2, 0) is 9.53 Å². The van der Waals surface area contributed by atoms with E-state index >= 15 is 0 Å². The predicted molar refractivity (Wildman–Crippen MR) is 95.3 cm³/mol. The lowest BCUT2D eigenvalue weighted by Crippen LogP contribution is -2.55. The molecule has 2 saturated carbocycles. The number of hydrogen-bond acceptors (Lipinski definition) is 5. The van der Waals surface area contributed by atoms with Gasteiger partial charge in [-0.1, -0.05) is 43.3 Å². The van der Waals surface area contributed by atoms with E-state index in [1.807, 2.05) is 13.0 Å². The summed E-state index contributed by atoms with van der Waals surface area (Å²) >= 11 is 0. The van der Waals surface area contributed by atoms with Gasteiger partial charge in [0.05, 0.1) is 17.9 Å². The van der Waals surface area contributed by atoms with Crippen molar-refractivity contribution in [1.82, 2.24) is 0 Å². The molecule has 1 unspecified atom stereocenters. The molecule has 0 aromatic rings. The topological polar surface area (TPSA) is 79.1 Å². The van der Waals surface area contributed by atoms with Crippen LogP contribution in [0, 0.1) is 22.7 Å². The molecule has 136 valence electrons. The normalized spacial score (nSPS) is 40.3. The van der Waals surface area contributed by atoms with E-state index in [0.29, 0.717) is 24.3 Å². The van der Waals surface area contributed by atoms with Crippen LogP contribution < -0.4 is 0 Å². The van der Waals surface area contributed by atoms with Gasteiger partial charge in [-0.3, -0.25) is 0 Å². The van der Waals surface area contributed by atoms with Crippen LogP contribution in [0.1, 0.15) is 39.5 Å². The van der Waals surface area contributed by atoms with Crippen molar-refractivity contribution in [1.29, 1.82) is 0 Å². The standard InChI is InChI=1S/C20H27NO4/c1-13-4-7-16-19(2,10-8-17(21-24)20(16,3)12-22)15(13)6-5-14-9-11-25-18(14)23/h5-6,9,15-16,22,24H,1,4,7-8,10-12H2,2-3H3/b6-5+,21-17-/t15-,16?,19+,20+/m1/s1. The van der Waals surface area contributed by atoms with Crippen molar-refractivity contribution in [2.75, 3.05) is 13.2 Å². The van der Waals surface area contributed by atoms with Crippen LogP contribution in [0.4, 0.5) is 0 Å². The van der Waals surface area contributed by atoms with Crippen LogP contribution in [0.25, 0.3) is 0 Å². The van der Waals surface area contributed by atoms with E-state index in [1.165, 1.54) is 0 Å². The van der Waals surface area contributed by atoms with Gasteiger partial charge in [0.2, 0.25) is 0 Å². The van der Waals surface area contributed by atoms with E-state index in [9.17, 15) is 15.1 Å². The molecular weight excluding hydrogens is 318 g/mol. The fourth-order valence-corrected chi connectivity index (χ4v) is 5.18. The smallest absolute Gasteiger partial charge is 0.338 e. The summed E-state index contributed by atoms with van der Waals surface area (Å²) in [4.78, 5) is 11.7. The van der Waals surface area contributed by atoms with Gasteiger partial charge in [0, 0.05) is 11.3 Å². The number of nitrogens with zero attached hydrogens (tertiary/aromatic N) is 1. The largest absolute Gasteiger partial charge is 0.458 e. The van der Waals surface area contributed by atoms with E-state index in [1.54, 1.807) is 6.08 Å². The predicted octanol–water partition coefficient (Wildman–Crippen LogP) is 3.24. The summed E-state index contributed by atoms with van der Waals surface area (Å²) in [6.45, 7) is 8.81.